The average Bonchev–Trinajstić information content (AvgIpc) is 2.61. The van der Waals surface area contributed by atoms with Gasteiger partial charge in [0, 0.05) is 54.0 Å². The molecule has 154 valence electrons. The van der Waals surface area contributed by atoms with Crippen LogP contribution in [0.4, 0.5) is 5.69 Å². The summed E-state index contributed by atoms with van der Waals surface area (Å²) < 4.78 is 12.0. The number of rotatable bonds is 5. The highest BCUT2D eigenvalue weighted by Gasteiger charge is 2.22. The van der Waals surface area contributed by atoms with E-state index in [0.717, 1.165) is 44.4 Å². The van der Waals surface area contributed by atoms with Gasteiger partial charge in [-0.1, -0.05) is 12.1 Å². The first-order valence-electron chi connectivity index (χ1n) is 9.27. The van der Waals surface area contributed by atoms with Gasteiger partial charge in [0.1, 0.15) is 5.75 Å². The van der Waals surface area contributed by atoms with E-state index >= 15 is 0 Å². The number of phenolic OH excluding ortho intramolecular Hbond substituents is 1. The second-order valence-electron chi connectivity index (χ2n) is 7.36. The Morgan fingerprint density at radius 2 is 1.85 bits per heavy atom. The zero-order valence-electron chi connectivity index (χ0n) is 16.8. The molecule has 1 unspecified atom stereocenters. The minimum Gasteiger partial charge on any atom is -0.506 e. The van der Waals surface area contributed by atoms with Crippen LogP contribution in [-0.2, 0) is 10.8 Å². The zero-order chi connectivity index (χ0) is 19.2. The summed E-state index contributed by atoms with van der Waals surface area (Å²) in [6.45, 7) is 12.7. The molecule has 6 nitrogen and oxygen atoms in total. The number of piperazine rings is 1. The molecule has 2 rings (SSSR count). The van der Waals surface area contributed by atoms with Gasteiger partial charge in [0.05, 0.1) is 12.2 Å². The fourth-order valence-corrected chi connectivity index (χ4v) is 3.73. The van der Waals surface area contributed by atoms with E-state index in [2.05, 4.69) is 27.0 Å². The molecule has 1 aliphatic rings. The third kappa shape index (κ3) is 7.14. The predicted octanol–water partition coefficient (Wildman–Crippen LogP) is 2.64. The molecule has 1 atom stereocenters. The summed E-state index contributed by atoms with van der Waals surface area (Å²) in [7, 11) is -0.885. The Balaban J connectivity index is 0.00000364. The maximum absolute atomic E-state index is 12.2. The van der Waals surface area contributed by atoms with Crippen LogP contribution in [0.3, 0.4) is 0 Å². The first-order valence-corrected chi connectivity index (χ1v) is 10.6. The first-order chi connectivity index (χ1) is 12.3. The van der Waals surface area contributed by atoms with E-state index < -0.39 is 10.8 Å². The molecule has 0 radical (unpaired) electrons. The number of phenols is 1. The Labute approximate surface area is 182 Å². The lowest BCUT2D eigenvalue weighted by molar-refractivity contribution is 0.370. The monoisotopic (exact) mass is 508 g/mol. The Morgan fingerprint density at radius 1 is 1.22 bits per heavy atom. The van der Waals surface area contributed by atoms with E-state index in [1.54, 1.807) is 6.07 Å². The summed E-state index contributed by atoms with van der Waals surface area (Å²) in [5.74, 6) is 1.79. The fraction of sp³-hybridized carbons (Fsp3) is 0.632. The number of hydrogen-bond acceptors (Lipinski definition) is 4. The maximum atomic E-state index is 12.2. The molecule has 1 saturated heterocycles. The van der Waals surface area contributed by atoms with Crippen LogP contribution in [0.5, 0.6) is 5.75 Å². The van der Waals surface area contributed by atoms with Gasteiger partial charge in [-0.3, -0.25) is 9.20 Å². The van der Waals surface area contributed by atoms with Gasteiger partial charge in [-0.05, 0) is 39.8 Å². The lowest BCUT2D eigenvalue weighted by Gasteiger charge is -2.37. The highest BCUT2D eigenvalue weighted by Crippen LogP contribution is 2.27. The number of anilines is 1. The predicted molar refractivity (Wildman–Crippen MR) is 126 cm³/mol. The van der Waals surface area contributed by atoms with Crippen LogP contribution in [0.15, 0.2) is 29.3 Å². The van der Waals surface area contributed by atoms with Crippen LogP contribution in [0.1, 0.15) is 27.7 Å². The Hall–Kier alpha value is -1.03. The Morgan fingerprint density at radius 3 is 2.41 bits per heavy atom. The second-order valence-corrected chi connectivity index (χ2v) is 9.68. The van der Waals surface area contributed by atoms with Crippen molar-refractivity contribution in [2.75, 3.05) is 49.9 Å². The number of aliphatic imine (C=N–C) groups is 1. The van der Waals surface area contributed by atoms with Crippen molar-refractivity contribution in [3.63, 3.8) is 0 Å². The summed E-state index contributed by atoms with van der Waals surface area (Å²) in [6.07, 6.45) is 0. The number of benzene rings is 1. The molecule has 8 heteroatoms. The lowest BCUT2D eigenvalue weighted by Crippen LogP contribution is -2.52. The highest BCUT2D eigenvalue weighted by molar-refractivity contribution is 14.0. The lowest BCUT2D eigenvalue weighted by atomic mass is 10.2. The van der Waals surface area contributed by atoms with Crippen LogP contribution in [0, 0.1) is 0 Å². The molecule has 0 spiro atoms. The summed E-state index contributed by atoms with van der Waals surface area (Å²) in [4.78, 5) is 9.11. The molecule has 0 aromatic heterocycles. The molecule has 0 aliphatic carbocycles. The van der Waals surface area contributed by atoms with E-state index in [-0.39, 0.29) is 28.7 Å². The van der Waals surface area contributed by atoms with Crippen molar-refractivity contribution >= 4 is 46.4 Å². The van der Waals surface area contributed by atoms with Crippen LogP contribution in [0.2, 0.25) is 0 Å². The van der Waals surface area contributed by atoms with Gasteiger partial charge in [-0.2, -0.15) is 0 Å². The van der Waals surface area contributed by atoms with Gasteiger partial charge in [0.2, 0.25) is 0 Å². The third-order valence-corrected chi connectivity index (χ3v) is 6.28. The Kier molecular flexibility index (Phi) is 9.86. The van der Waals surface area contributed by atoms with E-state index in [1.807, 2.05) is 39.0 Å². The molecule has 1 aromatic rings. The van der Waals surface area contributed by atoms with Crippen molar-refractivity contribution in [3.05, 3.63) is 24.3 Å². The molecule has 2 N–H and O–H groups in total. The van der Waals surface area contributed by atoms with Gasteiger partial charge >= 0.3 is 0 Å². The molecule has 0 saturated carbocycles. The third-order valence-electron chi connectivity index (χ3n) is 4.36. The quantitative estimate of drug-likeness (QED) is 0.364. The van der Waals surface area contributed by atoms with E-state index in [1.165, 1.54) is 0 Å². The van der Waals surface area contributed by atoms with Crippen molar-refractivity contribution in [3.8, 4) is 5.75 Å². The van der Waals surface area contributed by atoms with Gasteiger partial charge in [0.15, 0.2) is 5.96 Å². The number of nitrogens with one attached hydrogen (secondary N) is 1. The van der Waals surface area contributed by atoms with Crippen molar-refractivity contribution < 1.29 is 9.32 Å². The molecule has 1 heterocycles. The number of halogens is 1. The van der Waals surface area contributed by atoms with Crippen molar-refractivity contribution in [1.82, 2.24) is 10.2 Å². The summed E-state index contributed by atoms with van der Waals surface area (Å²) in [6, 6.07) is 7.46. The molecule has 1 aromatic carbocycles. The molecule has 27 heavy (non-hydrogen) atoms. The average molecular weight is 508 g/mol. The number of aromatic hydroxyl groups is 1. The van der Waals surface area contributed by atoms with Gasteiger partial charge in [-0.25, -0.2) is 0 Å². The number of nitrogens with zero attached hydrogens (tertiary/aromatic N) is 3. The van der Waals surface area contributed by atoms with Crippen molar-refractivity contribution in [1.29, 1.82) is 0 Å². The molecule has 1 aliphatic heterocycles. The molecule has 1 fully saturated rings. The van der Waals surface area contributed by atoms with E-state index in [9.17, 15) is 9.32 Å². The normalized spacial score (nSPS) is 16.7. The minimum atomic E-state index is -0.885. The van der Waals surface area contributed by atoms with Crippen molar-refractivity contribution in [2.45, 2.75) is 32.4 Å². The Bertz CT molecular complexity index is 641. The highest BCUT2D eigenvalue weighted by atomic mass is 127. The topological polar surface area (TPSA) is 68.2 Å². The van der Waals surface area contributed by atoms with Crippen LogP contribution < -0.4 is 10.2 Å². The van der Waals surface area contributed by atoms with E-state index in [0.29, 0.717) is 18.0 Å². The fourth-order valence-electron chi connectivity index (χ4n) is 2.86. The van der Waals surface area contributed by atoms with Crippen LogP contribution in [0.25, 0.3) is 0 Å². The molecular formula is C19H33IN4O2S. The summed E-state index contributed by atoms with van der Waals surface area (Å²) in [5.41, 5.74) is 0.884. The van der Waals surface area contributed by atoms with Crippen LogP contribution in [-0.4, -0.2) is 69.9 Å². The zero-order valence-corrected chi connectivity index (χ0v) is 19.9. The molecule has 0 amide bonds. The van der Waals surface area contributed by atoms with Gasteiger partial charge < -0.3 is 20.2 Å². The largest absolute Gasteiger partial charge is 0.506 e. The SMILES string of the molecule is CCNC(=NCCS(=O)C(C)(C)C)N1CCN(c2ccccc2O)CC1.I. The maximum Gasteiger partial charge on any atom is 0.194 e. The van der Waals surface area contributed by atoms with Gasteiger partial charge in [-0.15, -0.1) is 24.0 Å². The smallest absolute Gasteiger partial charge is 0.194 e. The number of para-hydroxylation sites is 2. The molecule has 0 bridgehead atoms. The molecular weight excluding hydrogens is 475 g/mol. The van der Waals surface area contributed by atoms with Crippen molar-refractivity contribution in [2.24, 2.45) is 4.99 Å². The first kappa shape index (κ1) is 24.0. The van der Waals surface area contributed by atoms with Crippen LogP contribution >= 0.6 is 24.0 Å². The number of guanidine groups is 1. The minimum absolute atomic E-state index is 0. The summed E-state index contributed by atoms with van der Waals surface area (Å²) in [5, 5.41) is 13.4. The second kappa shape index (κ2) is 11.1. The van der Waals surface area contributed by atoms with Gasteiger partial charge in [0.25, 0.3) is 0 Å². The van der Waals surface area contributed by atoms with E-state index in [4.69, 9.17) is 0 Å². The standard InChI is InChI=1S/C19H32N4O2S.HI/c1-5-20-18(21-10-15-26(25)19(2,3)4)23-13-11-22(12-14-23)16-8-6-7-9-17(16)24;/h6-9,24H,5,10-15H2,1-4H3,(H,20,21);1H. The number of hydrogen-bond donors (Lipinski definition) is 2. The summed E-state index contributed by atoms with van der Waals surface area (Å²) >= 11 is 0.